The molecular weight excluding hydrogens is 301 g/mol. The van der Waals surface area contributed by atoms with Gasteiger partial charge in [0.15, 0.2) is 0 Å². The molecule has 21 heavy (non-hydrogen) atoms. The van der Waals surface area contributed by atoms with E-state index in [0.29, 0.717) is 6.04 Å². The Morgan fingerprint density at radius 1 is 1.00 bits per heavy atom. The quantitative estimate of drug-likeness (QED) is 0.472. The summed E-state index contributed by atoms with van der Waals surface area (Å²) >= 11 is 12.4. The maximum Gasteiger partial charge on any atom is 0.0439 e. The first-order valence-corrected chi connectivity index (χ1v) is 9.10. The maximum absolute atomic E-state index is 6.29. The molecule has 0 radical (unpaired) electrons. The van der Waals surface area contributed by atoms with Gasteiger partial charge in [-0.2, -0.15) is 0 Å². The van der Waals surface area contributed by atoms with Crippen molar-refractivity contribution in [1.82, 2.24) is 5.32 Å². The minimum absolute atomic E-state index is 0.502. The molecule has 0 bridgehead atoms. The Morgan fingerprint density at radius 3 is 2.48 bits per heavy atom. The third kappa shape index (κ3) is 8.09. The van der Waals surface area contributed by atoms with Gasteiger partial charge < -0.3 is 5.32 Å². The molecule has 0 saturated heterocycles. The zero-order valence-corrected chi connectivity index (χ0v) is 14.9. The van der Waals surface area contributed by atoms with Crippen molar-refractivity contribution in [2.75, 3.05) is 6.54 Å². The Labute approximate surface area is 140 Å². The first-order valence-electron chi connectivity index (χ1n) is 8.34. The molecule has 1 aromatic rings. The molecule has 1 aromatic carbocycles. The van der Waals surface area contributed by atoms with Crippen LogP contribution in [-0.2, 0) is 6.42 Å². The molecule has 1 nitrogen and oxygen atoms in total. The second-order valence-electron chi connectivity index (χ2n) is 5.79. The van der Waals surface area contributed by atoms with Crippen LogP contribution in [0.1, 0.15) is 64.4 Å². The van der Waals surface area contributed by atoms with Gasteiger partial charge in [0.2, 0.25) is 0 Å². The van der Waals surface area contributed by atoms with E-state index in [1.54, 1.807) is 0 Å². The summed E-state index contributed by atoms with van der Waals surface area (Å²) in [5.41, 5.74) is 1.16. The molecule has 0 aromatic heterocycles. The summed E-state index contributed by atoms with van der Waals surface area (Å²) in [5, 5.41) is 5.25. The number of halogens is 2. The van der Waals surface area contributed by atoms with Gasteiger partial charge in [-0.3, -0.25) is 0 Å². The lowest BCUT2D eigenvalue weighted by Gasteiger charge is -2.19. The van der Waals surface area contributed by atoms with Crippen LogP contribution in [0.4, 0.5) is 0 Å². The Bertz CT molecular complexity index is 393. The van der Waals surface area contributed by atoms with Crippen molar-refractivity contribution in [3.05, 3.63) is 33.8 Å². The Balaban J connectivity index is 2.50. The predicted molar refractivity (Wildman–Crippen MR) is 95.6 cm³/mol. The molecule has 1 unspecified atom stereocenters. The van der Waals surface area contributed by atoms with Crippen LogP contribution in [0.15, 0.2) is 18.2 Å². The Kier molecular flexibility index (Phi) is 10.2. The van der Waals surface area contributed by atoms with Crippen LogP contribution in [-0.4, -0.2) is 12.6 Å². The van der Waals surface area contributed by atoms with E-state index in [0.717, 1.165) is 35.0 Å². The van der Waals surface area contributed by atoms with Crippen molar-refractivity contribution < 1.29 is 0 Å². The molecule has 0 heterocycles. The number of hydrogen-bond acceptors (Lipinski definition) is 1. The van der Waals surface area contributed by atoms with Gasteiger partial charge in [0, 0.05) is 16.1 Å². The number of hydrogen-bond donors (Lipinski definition) is 1. The predicted octanol–water partition coefficient (Wildman–Crippen LogP) is 6.26. The van der Waals surface area contributed by atoms with Gasteiger partial charge in [-0.25, -0.2) is 0 Å². The highest BCUT2D eigenvalue weighted by molar-refractivity contribution is 6.33. The van der Waals surface area contributed by atoms with Gasteiger partial charge in [-0.15, -0.1) is 0 Å². The number of rotatable bonds is 11. The molecule has 0 fully saturated rings. The van der Waals surface area contributed by atoms with E-state index in [1.165, 1.54) is 38.5 Å². The van der Waals surface area contributed by atoms with Gasteiger partial charge in [-0.05, 0) is 49.6 Å². The van der Waals surface area contributed by atoms with Crippen LogP contribution in [0.25, 0.3) is 0 Å². The number of unbranched alkanes of at least 4 members (excludes halogenated alkanes) is 4. The van der Waals surface area contributed by atoms with Crippen molar-refractivity contribution in [3.8, 4) is 0 Å². The summed E-state index contributed by atoms with van der Waals surface area (Å²) < 4.78 is 0. The summed E-state index contributed by atoms with van der Waals surface area (Å²) in [5.74, 6) is 0. The van der Waals surface area contributed by atoms with E-state index in [9.17, 15) is 0 Å². The van der Waals surface area contributed by atoms with Gasteiger partial charge in [0.25, 0.3) is 0 Å². The lowest BCUT2D eigenvalue weighted by molar-refractivity contribution is 0.451. The molecule has 120 valence electrons. The molecule has 3 heteroatoms. The molecule has 1 atom stereocenters. The average Bonchev–Trinajstić information content (AvgIpc) is 2.47. The van der Waals surface area contributed by atoms with E-state index < -0.39 is 0 Å². The third-order valence-electron chi connectivity index (χ3n) is 3.81. The van der Waals surface area contributed by atoms with Crippen molar-refractivity contribution in [3.63, 3.8) is 0 Å². The fourth-order valence-corrected chi connectivity index (χ4v) is 2.97. The summed E-state index contributed by atoms with van der Waals surface area (Å²) in [6.07, 6.45) is 9.98. The smallest absolute Gasteiger partial charge is 0.0439 e. The second kappa shape index (κ2) is 11.3. The first kappa shape index (κ1) is 18.8. The zero-order valence-electron chi connectivity index (χ0n) is 13.4. The summed E-state index contributed by atoms with van der Waals surface area (Å²) in [7, 11) is 0. The normalized spacial score (nSPS) is 12.6. The van der Waals surface area contributed by atoms with Crippen LogP contribution >= 0.6 is 23.2 Å². The first-order chi connectivity index (χ1) is 10.2. The SMILES string of the molecule is CCCCCCCC(Cc1cc(Cl)ccc1Cl)NCCC. The minimum Gasteiger partial charge on any atom is -0.314 e. The average molecular weight is 330 g/mol. The van der Waals surface area contributed by atoms with E-state index in [2.05, 4.69) is 19.2 Å². The maximum atomic E-state index is 6.29. The number of benzene rings is 1. The van der Waals surface area contributed by atoms with Crippen LogP contribution in [0.5, 0.6) is 0 Å². The van der Waals surface area contributed by atoms with Crippen molar-refractivity contribution in [2.45, 2.75) is 71.3 Å². The Morgan fingerprint density at radius 2 is 1.76 bits per heavy atom. The van der Waals surface area contributed by atoms with Crippen molar-refractivity contribution >= 4 is 23.2 Å². The molecule has 0 spiro atoms. The van der Waals surface area contributed by atoms with E-state index in [4.69, 9.17) is 23.2 Å². The molecular formula is C18H29Cl2N. The zero-order chi connectivity index (χ0) is 15.5. The monoisotopic (exact) mass is 329 g/mol. The van der Waals surface area contributed by atoms with Crippen LogP contribution in [0.2, 0.25) is 10.0 Å². The van der Waals surface area contributed by atoms with Crippen LogP contribution in [0, 0.1) is 0 Å². The highest BCUT2D eigenvalue weighted by Gasteiger charge is 2.11. The molecule has 0 aliphatic carbocycles. The topological polar surface area (TPSA) is 12.0 Å². The molecule has 0 aliphatic heterocycles. The molecule has 1 rings (SSSR count). The number of nitrogens with one attached hydrogen (secondary N) is 1. The Hall–Kier alpha value is -0.240. The molecule has 0 saturated carbocycles. The highest BCUT2D eigenvalue weighted by atomic mass is 35.5. The van der Waals surface area contributed by atoms with Crippen LogP contribution in [0.3, 0.4) is 0 Å². The van der Waals surface area contributed by atoms with Gasteiger partial charge in [0.05, 0.1) is 0 Å². The summed E-state index contributed by atoms with van der Waals surface area (Å²) in [6, 6.07) is 6.26. The minimum atomic E-state index is 0.502. The van der Waals surface area contributed by atoms with E-state index in [1.807, 2.05) is 18.2 Å². The van der Waals surface area contributed by atoms with Gasteiger partial charge in [0.1, 0.15) is 0 Å². The second-order valence-corrected chi connectivity index (χ2v) is 6.64. The van der Waals surface area contributed by atoms with Crippen molar-refractivity contribution in [2.24, 2.45) is 0 Å². The van der Waals surface area contributed by atoms with E-state index >= 15 is 0 Å². The molecule has 0 aliphatic rings. The lowest BCUT2D eigenvalue weighted by Crippen LogP contribution is -2.31. The highest BCUT2D eigenvalue weighted by Crippen LogP contribution is 2.23. The fourth-order valence-electron chi connectivity index (χ4n) is 2.58. The molecule has 0 amide bonds. The fraction of sp³-hybridized carbons (Fsp3) is 0.667. The standard InChI is InChI=1S/C18H29Cl2N/c1-3-5-6-7-8-9-17(21-12-4-2)14-15-13-16(19)10-11-18(15)20/h10-11,13,17,21H,3-9,12,14H2,1-2H3. The largest absolute Gasteiger partial charge is 0.314 e. The lowest BCUT2D eigenvalue weighted by atomic mass is 9.99. The van der Waals surface area contributed by atoms with Crippen LogP contribution < -0.4 is 5.32 Å². The summed E-state index contributed by atoms with van der Waals surface area (Å²) in [6.45, 7) is 5.53. The third-order valence-corrected chi connectivity index (χ3v) is 4.42. The van der Waals surface area contributed by atoms with Crippen molar-refractivity contribution in [1.29, 1.82) is 0 Å². The summed E-state index contributed by atoms with van der Waals surface area (Å²) in [4.78, 5) is 0. The van der Waals surface area contributed by atoms with Gasteiger partial charge in [-0.1, -0.05) is 69.2 Å². The van der Waals surface area contributed by atoms with E-state index in [-0.39, 0.29) is 0 Å². The molecule has 1 N–H and O–H groups in total. The van der Waals surface area contributed by atoms with Gasteiger partial charge >= 0.3 is 0 Å².